The number of aryl methyl sites for hydroxylation is 1. The molecule has 0 bridgehead atoms. The first-order valence-corrected chi connectivity index (χ1v) is 11.3. The lowest BCUT2D eigenvalue weighted by Gasteiger charge is -2.30. The second kappa shape index (κ2) is 9.63. The average Bonchev–Trinajstić information content (AvgIpc) is 2.79. The van der Waals surface area contributed by atoms with Crippen LogP contribution in [0.4, 0.5) is 11.4 Å². The molecule has 0 saturated heterocycles. The number of benzene rings is 3. The maximum absolute atomic E-state index is 13.0. The number of fused-ring (bicyclic) bond motifs is 1. The molecule has 30 heavy (non-hydrogen) atoms. The van der Waals surface area contributed by atoms with Crippen LogP contribution in [0.2, 0.25) is 0 Å². The van der Waals surface area contributed by atoms with E-state index in [2.05, 4.69) is 17.4 Å². The molecule has 3 aromatic carbocycles. The SMILES string of the molecule is O=C(CSCc1ccccc1)Nc1ccc2c(c1)N(C(=O)c1ccccc1)CCC2. The van der Waals surface area contributed by atoms with Crippen LogP contribution in [0, 0.1) is 0 Å². The van der Waals surface area contributed by atoms with Gasteiger partial charge in [0.15, 0.2) is 0 Å². The number of rotatable bonds is 6. The quantitative estimate of drug-likeness (QED) is 0.604. The van der Waals surface area contributed by atoms with Gasteiger partial charge in [-0.1, -0.05) is 54.6 Å². The Bertz CT molecular complexity index is 1020. The van der Waals surface area contributed by atoms with E-state index < -0.39 is 0 Å². The first kappa shape index (κ1) is 20.2. The van der Waals surface area contributed by atoms with Gasteiger partial charge in [0.05, 0.1) is 5.75 Å². The van der Waals surface area contributed by atoms with E-state index in [1.54, 1.807) is 11.8 Å². The standard InChI is InChI=1S/C25H24N2O2S/c28-24(18-30-17-19-8-3-1-4-9-19)26-22-14-13-20-12-7-15-27(23(20)16-22)25(29)21-10-5-2-6-11-21/h1-6,8-11,13-14,16H,7,12,15,17-18H2,(H,26,28). The fourth-order valence-corrected chi connectivity index (χ4v) is 4.42. The highest BCUT2D eigenvalue weighted by molar-refractivity contribution is 7.99. The number of hydrogen-bond acceptors (Lipinski definition) is 3. The molecule has 0 atom stereocenters. The maximum Gasteiger partial charge on any atom is 0.258 e. The summed E-state index contributed by atoms with van der Waals surface area (Å²) in [5, 5.41) is 2.98. The first-order valence-electron chi connectivity index (χ1n) is 10.1. The molecule has 4 nitrogen and oxygen atoms in total. The minimum atomic E-state index is -0.0346. The normalized spacial score (nSPS) is 12.9. The zero-order valence-corrected chi connectivity index (χ0v) is 17.5. The molecule has 152 valence electrons. The van der Waals surface area contributed by atoms with Gasteiger partial charge in [0, 0.05) is 29.2 Å². The molecular formula is C25H24N2O2S. The van der Waals surface area contributed by atoms with Crippen molar-refractivity contribution in [3.8, 4) is 0 Å². The molecule has 0 unspecified atom stereocenters. The summed E-state index contributed by atoms with van der Waals surface area (Å²) in [6.45, 7) is 0.686. The van der Waals surface area contributed by atoms with Crippen LogP contribution in [-0.2, 0) is 17.0 Å². The molecule has 0 fully saturated rings. The molecule has 4 rings (SSSR count). The van der Waals surface area contributed by atoms with Gasteiger partial charge >= 0.3 is 0 Å². The van der Waals surface area contributed by atoms with Crippen molar-refractivity contribution in [1.82, 2.24) is 0 Å². The highest BCUT2D eigenvalue weighted by atomic mass is 32.2. The smallest absolute Gasteiger partial charge is 0.258 e. The van der Waals surface area contributed by atoms with E-state index in [0.29, 0.717) is 17.9 Å². The highest BCUT2D eigenvalue weighted by Crippen LogP contribution is 2.31. The maximum atomic E-state index is 13.0. The Kier molecular flexibility index (Phi) is 6.50. The van der Waals surface area contributed by atoms with Gasteiger partial charge in [0.25, 0.3) is 5.91 Å². The van der Waals surface area contributed by atoms with Crippen molar-refractivity contribution in [3.63, 3.8) is 0 Å². The Labute approximate surface area is 181 Å². The lowest BCUT2D eigenvalue weighted by molar-refractivity contribution is -0.113. The number of anilines is 2. The van der Waals surface area contributed by atoms with E-state index in [9.17, 15) is 9.59 Å². The van der Waals surface area contributed by atoms with Crippen LogP contribution in [0.5, 0.6) is 0 Å². The number of carbonyl (C=O) groups excluding carboxylic acids is 2. The number of nitrogens with one attached hydrogen (secondary N) is 1. The molecule has 3 aromatic rings. The van der Waals surface area contributed by atoms with E-state index in [1.807, 2.05) is 71.6 Å². The third-order valence-corrected chi connectivity index (χ3v) is 6.10. The van der Waals surface area contributed by atoms with Crippen LogP contribution in [0.1, 0.15) is 27.9 Å². The fraction of sp³-hybridized carbons (Fsp3) is 0.200. The molecule has 0 saturated carbocycles. The summed E-state index contributed by atoms with van der Waals surface area (Å²) in [7, 11) is 0. The van der Waals surface area contributed by atoms with Crippen LogP contribution in [0.3, 0.4) is 0 Å². The lowest BCUT2D eigenvalue weighted by Crippen LogP contribution is -2.35. The molecular weight excluding hydrogens is 392 g/mol. The summed E-state index contributed by atoms with van der Waals surface area (Å²) in [6.07, 6.45) is 1.88. The van der Waals surface area contributed by atoms with Crippen molar-refractivity contribution in [2.24, 2.45) is 0 Å². The number of thioether (sulfide) groups is 1. The molecule has 1 heterocycles. The summed E-state index contributed by atoms with van der Waals surface area (Å²) < 4.78 is 0. The van der Waals surface area contributed by atoms with Crippen molar-refractivity contribution in [3.05, 3.63) is 95.6 Å². The molecule has 0 spiro atoms. The molecule has 2 amide bonds. The first-order chi connectivity index (χ1) is 14.7. The average molecular weight is 417 g/mol. The van der Waals surface area contributed by atoms with E-state index in [4.69, 9.17) is 0 Å². The monoisotopic (exact) mass is 416 g/mol. The van der Waals surface area contributed by atoms with Gasteiger partial charge in [-0.3, -0.25) is 9.59 Å². The minimum absolute atomic E-state index is 0.00144. The predicted octanol–water partition coefficient (Wildman–Crippen LogP) is 5.15. The van der Waals surface area contributed by atoms with Gasteiger partial charge < -0.3 is 10.2 Å². The largest absolute Gasteiger partial charge is 0.325 e. The summed E-state index contributed by atoms with van der Waals surface area (Å²) in [4.78, 5) is 27.2. The zero-order chi connectivity index (χ0) is 20.8. The van der Waals surface area contributed by atoms with Gasteiger partial charge in [0.2, 0.25) is 5.91 Å². The third kappa shape index (κ3) is 4.92. The predicted molar refractivity (Wildman–Crippen MR) is 124 cm³/mol. The highest BCUT2D eigenvalue weighted by Gasteiger charge is 2.24. The minimum Gasteiger partial charge on any atom is -0.325 e. The number of carbonyl (C=O) groups is 2. The van der Waals surface area contributed by atoms with E-state index >= 15 is 0 Å². The van der Waals surface area contributed by atoms with Crippen molar-refractivity contribution in [2.45, 2.75) is 18.6 Å². The summed E-state index contributed by atoms with van der Waals surface area (Å²) in [5.41, 5.74) is 4.65. The lowest BCUT2D eigenvalue weighted by atomic mass is 10.00. The molecule has 5 heteroatoms. The molecule has 0 aromatic heterocycles. The third-order valence-electron chi connectivity index (χ3n) is 5.10. The van der Waals surface area contributed by atoms with E-state index in [-0.39, 0.29) is 11.8 Å². The van der Waals surface area contributed by atoms with Gasteiger partial charge in [-0.15, -0.1) is 11.8 Å². The van der Waals surface area contributed by atoms with Crippen LogP contribution in [0.15, 0.2) is 78.9 Å². The number of nitrogens with zero attached hydrogens (tertiary/aromatic N) is 1. The molecule has 1 N–H and O–H groups in total. The van der Waals surface area contributed by atoms with Crippen molar-refractivity contribution < 1.29 is 9.59 Å². The second-order valence-corrected chi connectivity index (χ2v) is 8.28. The van der Waals surface area contributed by atoms with Crippen molar-refractivity contribution >= 4 is 35.0 Å². The summed E-state index contributed by atoms with van der Waals surface area (Å²) in [6, 6.07) is 25.3. The Hall–Kier alpha value is -3.05. The topological polar surface area (TPSA) is 49.4 Å². The van der Waals surface area contributed by atoms with Gasteiger partial charge in [-0.25, -0.2) is 0 Å². The van der Waals surface area contributed by atoms with Gasteiger partial charge in [-0.2, -0.15) is 0 Å². The van der Waals surface area contributed by atoms with Crippen LogP contribution in [-0.4, -0.2) is 24.1 Å². The molecule has 1 aliphatic heterocycles. The summed E-state index contributed by atoms with van der Waals surface area (Å²) >= 11 is 1.59. The number of hydrogen-bond donors (Lipinski definition) is 1. The zero-order valence-electron chi connectivity index (χ0n) is 16.7. The Morgan fingerprint density at radius 1 is 0.933 bits per heavy atom. The van der Waals surface area contributed by atoms with Crippen molar-refractivity contribution in [1.29, 1.82) is 0 Å². The van der Waals surface area contributed by atoms with E-state index in [0.717, 1.165) is 35.5 Å². The van der Waals surface area contributed by atoms with Gasteiger partial charge in [0.1, 0.15) is 0 Å². The molecule has 0 radical (unpaired) electrons. The van der Waals surface area contributed by atoms with Crippen LogP contribution in [0.25, 0.3) is 0 Å². The van der Waals surface area contributed by atoms with Crippen molar-refractivity contribution in [2.75, 3.05) is 22.5 Å². The Morgan fingerprint density at radius 3 is 2.43 bits per heavy atom. The van der Waals surface area contributed by atoms with Crippen LogP contribution < -0.4 is 10.2 Å². The Balaban J connectivity index is 1.42. The van der Waals surface area contributed by atoms with Gasteiger partial charge in [-0.05, 0) is 48.2 Å². The number of amides is 2. The van der Waals surface area contributed by atoms with Crippen LogP contribution >= 0.6 is 11.8 Å². The van der Waals surface area contributed by atoms with E-state index in [1.165, 1.54) is 5.56 Å². The second-order valence-electron chi connectivity index (χ2n) is 7.30. The summed E-state index contributed by atoms with van der Waals surface area (Å²) in [5.74, 6) is 1.15. The molecule has 1 aliphatic rings. The Morgan fingerprint density at radius 2 is 1.67 bits per heavy atom. The molecule has 0 aliphatic carbocycles. The fourth-order valence-electron chi connectivity index (χ4n) is 3.63.